The zero-order chi connectivity index (χ0) is 22.4. The standard InChI is InChI=1S/C24H15BrClN5S2/c25-21-17(27-19-12-6-7-13-30(19)21)14-32-24-29-28-23(31(24)15-8-2-1-3-9-15)20-16-10-4-5-11-18(16)33-22(20)26/h1-13H,14H2. The van der Waals surface area contributed by atoms with Crippen LogP contribution in [0.2, 0.25) is 4.34 Å². The second-order valence-corrected chi connectivity index (χ2v) is 10.6. The lowest BCUT2D eigenvalue weighted by molar-refractivity contribution is 0.885. The number of pyridine rings is 1. The van der Waals surface area contributed by atoms with E-state index in [9.17, 15) is 0 Å². The molecule has 6 aromatic rings. The highest BCUT2D eigenvalue weighted by Gasteiger charge is 2.22. The Morgan fingerprint density at radius 2 is 1.73 bits per heavy atom. The molecule has 5 nitrogen and oxygen atoms in total. The normalized spacial score (nSPS) is 11.6. The minimum atomic E-state index is 0.644. The molecule has 0 atom stereocenters. The van der Waals surface area contributed by atoms with E-state index in [0.717, 1.165) is 48.3 Å². The van der Waals surface area contributed by atoms with Crippen LogP contribution in [0.25, 0.3) is 32.8 Å². The fourth-order valence-electron chi connectivity index (χ4n) is 3.80. The lowest BCUT2D eigenvalue weighted by Crippen LogP contribution is -1.99. The third kappa shape index (κ3) is 3.67. The van der Waals surface area contributed by atoms with Gasteiger partial charge in [-0.1, -0.05) is 65.8 Å². The van der Waals surface area contributed by atoms with Crippen molar-refractivity contribution < 1.29 is 0 Å². The number of rotatable bonds is 5. The van der Waals surface area contributed by atoms with Crippen molar-refractivity contribution in [3.05, 3.63) is 93.6 Å². The number of hydrogen-bond donors (Lipinski definition) is 0. The first-order chi connectivity index (χ1) is 16.2. The molecule has 0 aliphatic rings. The molecule has 9 heteroatoms. The summed E-state index contributed by atoms with van der Waals surface area (Å²) in [5, 5.41) is 11.0. The molecular weight excluding hydrogens is 538 g/mol. The molecule has 4 aromatic heterocycles. The third-order valence-electron chi connectivity index (χ3n) is 5.30. The lowest BCUT2D eigenvalue weighted by Gasteiger charge is -2.10. The van der Waals surface area contributed by atoms with E-state index in [0.29, 0.717) is 10.1 Å². The van der Waals surface area contributed by atoms with E-state index in [4.69, 9.17) is 16.6 Å². The third-order valence-corrected chi connectivity index (χ3v) is 8.46. The topological polar surface area (TPSA) is 48.0 Å². The van der Waals surface area contributed by atoms with E-state index in [1.165, 1.54) is 0 Å². The molecular formula is C24H15BrClN5S2. The number of imidazole rings is 1. The number of halogens is 2. The number of para-hydroxylation sites is 1. The molecule has 2 aromatic carbocycles. The molecule has 6 rings (SSSR count). The highest BCUT2D eigenvalue weighted by Crippen LogP contribution is 2.43. The number of benzene rings is 2. The lowest BCUT2D eigenvalue weighted by atomic mass is 10.1. The molecule has 0 fully saturated rings. The van der Waals surface area contributed by atoms with Gasteiger partial charge in [0.25, 0.3) is 0 Å². The van der Waals surface area contributed by atoms with E-state index in [2.05, 4.69) is 55.0 Å². The molecule has 4 heterocycles. The van der Waals surface area contributed by atoms with Gasteiger partial charge in [0.05, 0.1) is 11.3 Å². The average molecular weight is 553 g/mol. The summed E-state index contributed by atoms with van der Waals surface area (Å²) in [7, 11) is 0. The molecule has 0 bridgehead atoms. The van der Waals surface area contributed by atoms with Crippen LogP contribution >= 0.6 is 50.6 Å². The SMILES string of the molecule is Clc1sc2ccccc2c1-c1nnc(SCc2nc3ccccn3c2Br)n1-c1ccccc1. The monoisotopic (exact) mass is 551 g/mol. The summed E-state index contributed by atoms with van der Waals surface area (Å²) in [6, 6.07) is 24.3. The van der Waals surface area contributed by atoms with Gasteiger partial charge in [0.15, 0.2) is 11.0 Å². The van der Waals surface area contributed by atoms with Crippen LogP contribution in [0.15, 0.2) is 88.8 Å². The summed E-state index contributed by atoms with van der Waals surface area (Å²) in [6.07, 6.45) is 1.99. The van der Waals surface area contributed by atoms with Crippen molar-refractivity contribution in [1.82, 2.24) is 24.1 Å². The van der Waals surface area contributed by atoms with Crippen molar-refractivity contribution >= 4 is 66.4 Å². The Kier molecular flexibility index (Phi) is 5.46. The Balaban J connectivity index is 1.45. The van der Waals surface area contributed by atoms with Crippen molar-refractivity contribution in [3.63, 3.8) is 0 Å². The number of thioether (sulfide) groups is 1. The minimum Gasteiger partial charge on any atom is -0.294 e. The van der Waals surface area contributed by atoms with Crippen LogP contribution in [0.3, 0.4) is 0 Å². The smallest absolute Gasteiger partial charge is 0.196 e. The molecule has 0 saturated carbocycles. The summed E-state index contributed by atoms with van der Waals surface area (Å²) in [5.74, 6) is 1.38. The zero-order valence-corrected chi connectivity index (χ0v) is 21.0. The number of hydrogen-bond acceptors (Lipinski definition) is 5. The zero-order valence-electron chi connectivity index (χ0n) is 17.0. The first-order valence-electron chi connectivity index (χ1n) is 10.1. The predicted octanol–water partition coefficient (Wildman–Crippen LogP) is 7.50. The van der Waals surface area contributed by atoms with E-state index >= 15 is 0 Å². The summed E-state index contributed by atoms with van der Waals surface area (Å²) in [6.45, 7) is 0. The molecule has 33 heavy (non-hydrogen) atoms. The van der Waals surface area contributed by atoms with Crippen molar-refractivity contribution in [2.75, 3.05) is 0 Å². The average Bonchev–Trinajstić information content (AvgIpc) is 3.51. The van der Waals surface area contributed by atoms with Gasteiger partial charge in [0.1, 0.15) is 14.6 Å². The van der Waals surface area contributed by atoms with Gasteiger partial charge in [-0.2, -0.15) is 0 Å². The summed E-state index contributed by atoms with van der Waals surface area (Å²) >= 11 is 13.6. The van der Waals surface area contributed by atoms with E-state index in [1.54, 1.807) is 23.1 Å². The Bertz CT molecular complexity index is 1610. The Morgan fingerprint density at radius 1 is 0.939 bits per heavy atom. The maximum absolute atomic E-state index is 6.72. The quantitative estimate of drug-likeness (QED) is 0.208. The van der Waals surface area contributed by atoms with Crippen LogP contribution < -0.4 is 0 Å². The van der Waals surface area contributed by atoms with Crippen molar-refractivity contribution in [2.45, 2.75) is 10.9 Å². The van der Waals surface area contributed by atoms with Crippen LogP contribution in [-0.4, -0.2) is 24.1 Å². The summed E-state index contributed by atoms with van der Waals surface area (Å²) < 4.78 is 6.89. The summed E-state index contributed by atoms with van der Waals surface area (Å²) in [5.41, 5.74) is 3.76. The molecule has 0 N–H and O–H groups in total. The fraction of sp³-hybridized carbons (Fsp3) is 0.0417. The molecule has 0 saturated heterocycles. The van der Waals surface area contributed by atoms with Gasteiger partial charge in [-0.3, -0.25) is 8.97 Å². The number of nitrogens with zero attached hydrogens (tertiary/aromatic N) is 5. The number of fused-ring (bicyclic) bond motifs is 2. The van der Waals surface area contributed by atoms with Crippen molar-refractivity contribution in [3.8, 4) is 17.1 Å². The van der Waals surface area contributed by atoms with Crippen LogP contribution in [0.1, 0.15) is 5.69 Å². The second kappa shape index (κ2) is 8.61. The Morgan fingerprint density at radius 3 is 2.58 bits per heavy atom. The second-order valence-electron chi connectivity index (χ2n) is 7.29. The maximum Gasteiger partial charge on any atom is 0.196 e. The van der Waals surface area contributed by atoms with Gasteiger partial charge < -0.3 is 0 Å². The maximum atomic E-state index is 6.72. The number of thiophene rings is 1. The largest absolute Gasteiger partial charge is 0.294 e. The van der Waals surface area contributed by atoms with E-state index < -0.39 is 0 Å². The molecule has 0 unspecified atom stereocenters. The highest BCUT2D eigenvalue weighted by molar-refractivity contribution is 9.10. The molecule has 162 valence electrons. The van der Waals surface area contributed by atoms with Crippen molar-refractivity contribution in [2.24, 2.45) is 0 Å². The van der Waals surface area contributed by atoms with Crippen molar-refractivity contribution in [1.29, 1.82) is 0 Å². The van der Waals surface area contributed by atoms with Crippen LogP contribution in [0, 0.1) is 0 Å². The first kappa shape index (κ1) is 20.9. The fourth-order valence-corrected chi connectivity index (χ4v) is 6.76. The van der Waals surface area contributed by atoms with E-state index in [1.807, 2.05) is 59.1 Å². The summed E-state index contributed by atoms with van der Waals surface area (Å²) in [4.78, 5) is 4.76. The van der Waals surface area contributed by atoms with Gasteiger partial charge in [0, 0.05) is 27.7 Å². The van der Waals surface area contributed by atoms with Gasteiger partial charge >= 0.3 is 0 Å². The first-order valence-corrected chi connectivity index (χ1v) is 13.1. The van der Waals surface area contributed by atoms with Gasteiger partial charge in [-0.25, -0.2) is 4.98 Å². The van der Waals surface area contributed by atoms with Crippen LogP contribution in [0.4, 0.5) is 0 Å². The molecule has 0 spiro atoms. The highest BCUT2D eigenvalue weighted by atomic mass is 79.9. The van der Waals surface area contributed by atoms with Gasteiger partial charge in [0.2, 0.25) is 0 Å². The van der Waals surface area contributed by atoms with Gasteiger partial charge in [-0.05, 0) is 46.3 Å². The molecule has 0 radical (unpaired) electrons. The molecule has 0 aliphatic carbocycles. The van der Waals surface area contributed by atoms with Crippen LogP contribution in [-0.2, 0) is 5.75 Å². The minimum absolute atomic E-state index is 0.644. The van der Waals surface area contributed by atoms with Crippen LogP contribution in [0.5, 0.6) is 0 Å². The Labute approximate surface area is 211 Å². The Hall–Kier alpha value is -2.65. The van der Waals surface area contributed by atoms with E-state index in [-0.39, 0.29) is 0 Å². The molecule has 0 aliphatic heterocycles. The van der Waals surface area contributed by atoms with Gasteiger partial charge in [-0.15, -0.1) is 21.5 Å². The molecule has 0 amide bonds. The number of aromatic nitrogens is 5. The predicted molar refractivity (Wildman–Crippen MR) is 140 cm³/mol.